The van der Waals surface area contributed by atoms with Crippen molar-refractivity contribution in [2.24, 2.45) is 5.73 Å². The van der Waals surface area contributed by atoms with Gasteiger partial charge in [0.1, 0.15) is 6.33 Å². The molecule has 1 heterocycles. The molecule has 66 valence electrons. The van der Waals surface area contributed by atoms with Gasteiger partial charge in [-0.2, -0.15) is 4.37 Å². The molecule has 1 rings (SSSR count). The number of hydrogen-bond acceptors (Lipinski definition) is 5. The lowest BCUT2D eigenvalue weighted by atomic mass is 10.4. The first kappa shape index (κ1) is 9.34. The van der Waals surface area contributed by atoms with Crippen LogP contribution >= 0.6 is 23.8 Å². The Balaban J connectivity index is 2.39. The van der Waals surface area contributed by atoms with Crippen LogP contribution in [0.1, 0.15) is 6.42 Å². The van der Waals surface area contributed by atoms with Crippen molar-refractivity contribution in [3.8, 4) is 0 Å². The van der Waals surface area contributed by atoms with Crippen molar-refractivity contribution in [3.63, 3.8) is 0 Å². The fraction of sp³-hybridized carbons (Fsp3) is 0.500. The minimum atomic E-state index is 0.534. The van der Waals surface area contributed by atoms with E-state index in [1.54, 1.807) is 0 Å². The Kier molecular flexibility index (Phi) is 3.36. The largest absolute Gasteiger partial charge is 0.393 e. The molecule has 0 amide bonds. The van der Waals surface area contributed by atoms with Crippen molar-refractivity contribution in [1.29, 1.82) is 0 Å². The third-order valence-electron chi connectivity index (χ3n) is 1.37. The number of nitrogens with two attached hydrogens (primary N) is 1. The van der Waals surface area contributed by atoms with Gasteiger partial charge in [0.2, 0.25) is 5.13 Å². The van der Waals surface area contributed by atoms with Crippen LogP contribution in [0.3, 0.4) is 0 Å². The lowest BCUT2D eigenvalue weighted by Gasteiger charge is -2.13. The van der Waals surface area contributed by atoms with Crippen molar-refractivity contribution in [1.82, 2.24) is 9.36 Å². The van der Waals surface area contributed by atoms with Crippen molar-refractivity contribution in [2.75, 3.05) is 18.5 Å². The van der Waals surface area contributed by atoms with E-state index in [4.69, 9.17) is 18.0 Å². The van der Waals surface area contributed by atoms with Crippen molar-refractivity contribution in [3.05, 3.63) is 6.33 Å². The standard InChI is InChI=1S/C6H10N4S2/c1-10(3-2-5(7)11)6-8-4-9-12-6/h4H,2-3H2,1H3,(H2,7,11). The van der Waals surface area contributed by atoms with E-state index in [0.717, 1.165) is 11.7 Å². The molecule has 0 radical (unpaired) electrons. The third kappa shape index (κ3) is 2.71. The molecule has 12 heavy (non-hydrogen) atoms. The predicted octanol–water partition coefficient (Wildman–Crippen LogP) is 0.651. The Labute approximate surface area is 80.6 Å². The molecular formula is C6H10N4S2. The molecule has 0 saturated heterocycles. The molecule has 6 heteroatoms. The minimum Gasteiger partial charge on any atom is -0.393 e. The quantitative estimate of drug-likeness (QED) is 0.727. The number of nitrogens with zero attached hydrogens (tertiary/aromatic N) is 3. The summed E-state index contributed by atoms with van der Waals surface area (Å²) >= 11 is 6.13. The van der Waals surface area contributed by atoms with Crippen LogP contribution in [0.2, 0.25) is 0 Å². The van der Waals surface area contributed by atoms with Crippen LogP contribution in [-0.2, 0) is 0 Å². The van der Waals surface area contributed by atoms with E-state index in [2.05, 4.69) is 9.36 Å². The molecule has 0 unspecified atom stereocenters. The van der Waals surface area contributed by atoms with Gasteiger partial charge in [0.15, 0.2) is 0 Å². The zero-order valence-corrected chi connectivity index (χ0v) is 8.36. The summed E-state index contributed by atoms with van der Waals surface area (Å²) in [6.07, 6.45) is 2.25. The minimum absolute atomic E-state index is 0.534. The van der Waals surface area contributed by atoms with E-state index in [0.29, 0.717) is 11.4 Å². The molecule has 0 spiro atoms. The first-order chi connectivity index (χ1) is 5.70. The first-order valence-electron chi connectivity index (χ1n) is 3.46. The van der Waals surface area contributed by atoms with Gasteiger partial charge in [-0.15, -0.1) is 0 Å². The lowest BCUT2D eigenvalue weighted by Crippen LogP contribution is -2.22. The van der Waals surface area contributed by atoms with E-state index in [1.165, 1.54) is 17.9 Å². The number of hydrogen-bond donors (Lipinski definition) is 1. The summed E-state index contributed by atoms with van der Waals surface area (Å²) in [5.41, 5.74) is 5.37. The van der Waals surface area contributed by atoms with Crippen molar-refractivity contribution in [2.45, 2.75) is 6.42 Å². The van der Waals surface area contributed by atoms with E-state index in [-0.39, 0.29) is 0 Å². The van der Waals surface area contributed by atoms with Crippen LogP contribution in [0.25, 0.3) is 0 Å². The summed E-state index contributed by atoms with van der Waals surface area (Å²) in [5.74, 6) is 0. The van der Waals surface area contributed by atoms with Crippen LogP contribution in [-0.4, -0.2) is 27.9 Å². The van der Waals surface area contributed by atoms with Gasteiger partial charge in [-0.05, 0) is 0 Å². The second-order valence-electron chi connectivity index (χ2n) is 2.36. The number of anilines is 1. The van der Waals surface area contributed by atoms with Crippen LogP contribution in [0.15, 0.2) is 6.33 Å². The summed E-state index contributed by atoms with van der Waals surface area (Å²) in [6.45, 7) is 0.796. The number of aromatic nitrogens is 2. The maximum Gasteiger partial charge on any atom is 0.204 e. The second-order valence-corrected chi connectivity index (χ2v) is 3.64. The van der Waals surface area contributed by atoms with Crippen LogP contribution < -0.4 is 10.6 Å². The molecule has 1 aromatic heterocycles. The maximum absolute atomic E-state index is 5.37. The van der Waals surface area contributed by atoms with E-state index in [9.17, 15) is 0 Å². The highest BCUT2D eigenvalue weighted by molar-refractivity contribution is 7.80. The van der Waals surface area contributed by atoms with Gasteiger partial charge in [-0.25, -0.2) is 4.98 Å². The monoisotopic (exact) mass is 202 g/mol. The SMILES string of the molecule is CN(CCC(N)=S)c1ncns1. The topological polar surface area (TPSA) is 55.0 Å². The lowest BCUT2D eigenvalue weighted by molar-refractivity contribution is 0.913. The zero-order chi connectivity index (χ0) is 8.97. The number of rotatable bonds is 4. The van der Waals surface area contributed by atoms with Gasteiger partial charge >= 0.3 is 0 Å². The molecule has 0 aliphatic carbocycles. The van der Waals surface area contributed by atoms with E-state index in [1.807, 2.05) is 11.9 Å². The normalized spacial score (nSPS) is 9.75. The van der Waals surface area contributed by atoms with Gasteiger partial charge in [0, 0.05) is 31.5 Å². The second kappa shape index (κ2) is 4.32. The first-order valence-corrected chi connectivity index (χ1v) is 4.64. The summed E-state index contributed by atoms with van der Waals surface area (Å²) in [5, 5.41) is 0.895. The average molecular weight is 202 g/mol. The average Bonchev–Trinajstić information content (AvgIpc) is 2.51. The van der Waals surface area contributed by atoms with Gasteiger partial charge in [-0.3, -0.25) is 0 Å². The van der Waals surface area contributed by atoms with Gasteiger partial charge < -0.3 is 10.6 Å². The Morgan fingerprint density at radius 3 is 3.08 bits per heavy atom. The molecule has 0 aliphatic rings. The van der Waals surface area contributed by atoms with Crippen molar-refractivity contribution < 1.29 is 0 Å². The molecule has 0 bridgehead atoms. The highest BCUT2D eigenvalue weighted by atomic mass is 32.1. The summed E-state index contributed by atoms with van der Waals surface area (Å²) in [6, 6.07) is 0. The molecule has 4 nitrogen and oxygen atoms in total. The van der Waals surface area contributed by atoms with Gasteiger partial charge in [0.25, 0.3) is 0 Å². The summed E-state index contributed by atoms with van der Waals surface area (Å²) < 4.78 is 3.90. The molecular weight excluding hydrogens is 192 g/mol. The highest BCUT2D eigenvalue weighted by Crippen LogP contribution is 2.12. The Hall–Kier alpha value is -0.750. The highest BCUT2D eigenvalue weighted by Gasteiger charge is 2.03. The third-order valence-corrected chi connectivity index (χ3v) is 2.35. The van der Waals surface area contributed by atoms with E-state index >= 15 is 0 Å². The Morgan fingerprint density at radius 1 is 1.83 bits per heavy atom. The summed E-state index contributed by atoms with van der Waals surface area (Å²) in [7, 11) is 1.94. The van der Waals surface area contributed by atoms with Crippen LogP contribution in [0.4, 0.5) is 5.13 Å². The van der Waals surface area contributed by atoms with Gasteiger partial charge in [0.05, 0.1) is 4.99 Å². The fourth-order valence-corrected chi connectivity index (χ4v) is 1.31. The Bertz CT molecular complexity index is 246. The molecule has 0 atom stereocenters. The van der Waals surface area contributed by atoms with Crippen LogP contribution in [0, 0.1) is 0 Å². The molecule has 0 saturated carbocycles. The van der Waals surface area contributed by atoms with Crippen molar-refractivity contribution >= 4 is 33.9 Å². The zero-order valence-electron chi connectivity index (χ0n) is 6.73. The predicted molar refractivity (Wildman–Crippen MR) is 54.6 cm³/mol. The molecule has 2 N–H and O–H groups in total. The number of thiocarbonyl (C=S) groups is 1. The maximum atomic E-state index is 5.37. The molecule has 0 aromatic carbocycles. The van der Waals surface area contributed by atoms with Gasteiger partial charge in [-0.1, -0.05) is 12.2 Å². The smallest absolute Gasteiger partial charge is 0.204 e. The molecule has 0 aliphatic heterocycles. The molecule has 1 aromatic rings. The Morgan fingerprint density at radius 2 is 2.58 bits per heavy atom. The fourth-order valence-electron chi connectivity index (χ4n) is 0.709. The van der Waals surface area contributed by atoms with E-state index < -0.39 is 0 Å². The summed E-state index contributed by atoms with van der Waals surface area (Å²) in [4.78, 5) is 6.56. The molecule has 0 fully saturated rings. The van der Waals surface area contributed by atoms with Crippen LogP contribution in [0.5, 0.6) is 0 Å².